The van der Waals surface area contributed by atoms with Crippen LogP contribution in [-0.2, 0) is 4.79 Å². The molecular weight excluding hydrogens is 242 g/mol. The van der Waals surface area contributed by atoms with Crippen molar-refractivity contribution in [3.63, 3.8) is 0 Å². The Morgan fingerprint density at radius 3 is 2.47 bits per heavy atom. The second-order valence-corrected chi connectivity index (χ2v) is 4.73. The highest BCUT2D eigenvalue weighted by Gasteiger charge is 2.15. The minimum absolute atomic E-state index is 0.171. The van der Waals surface area contributed by atoms with E-state index in [1.165, 1.54) is 6.42 Å². The van der Waals surface area contributed by atoms with E-state index in [1.807, 2.05) is 4.90 Å². The smallest absolute Gasteiger partial charge is 0.225 e. The van der Waals surface area contributed by atoms with Gasteiger partial charge in [0.25, 0.3) is 0 Å². The number of carbonyl (C=O) groups excluding carboxylic acids is 2. The van der Waals surface area contributed by atoms with Crippen LogP contribution in [0.15, 0.2) is 24.3 Å². The van der Waals surface area contributed by atoms with Gasteiger partial charge in [-0.2, -0.15) is 0 Å². The van der Waals surface area contributed by atoms with Crippen molar-refractivity contribution in [2.24, 2.45) is 0 Å². The second-order valence-electron chi connectivity index (χ2n) is 4.73. The van der Waals surface area contributed by atoms with E-state index in [-0.39, 0.29) is 5.91 Å². The first-order chi connectivity index (χ1) is 9.29. The molecule has 0 bridgehead atoms. The van der Waals surface area contributed by atoms with Crippen LogP contribution in [0.2, 0.25) is 0 Å². The molecule has 0 aromatic heterocycles. The largest absolute Gasteiger partial charge is 0.493 e. The normalized spacial score (nSPS) is 15.1. The third-order valence-electron chi connectivity index (χ3n) is 3.31. The number of benzene rings is 1. The van der Waals surface area contributed by atoms with Crippen molar-refractivity contribution in [2.45, 2.75) is 25.7 Å². The van der Waals surface area contributed by atoms with Crippen molar-refractivity contribution >= 4 is 12.2 Å². The highest BCUT2D eigenvalue weighted by atomic mass is 16.5. The summed E-state index contributed by atoms with van der Waals surface area (Å²) in [5.41, 5.74) is 0.622. The highest BCUT2D eigenvalue weighted by Crippen LogP contribution is 2.13. The van der Waals surface area contributed by atoms with Gasteiger partial charge in [0.1, 0.15) is 12.0 Å². The SMILES string of the molecule is O=Cc1ccc(OCCC(=O)N2CCCCC2)cc1. The summed E-state index contributed by atoms with van der Waals surface area (Å²) >= 11 is 0. The molecule has 1 saturated heterocycles. The molecule has 0 unspecified atom stereocenters. The number of hydrogen-bond donors (Lipinski definition) is 0. The Morgan fingerprint density at radius 1 is 1.16 bits per heavy atom. The summed E-state index contributed by atoms with van der Waals surface area (Å²) in [5, 5.41) is 0. The van der Waals surface area contributed by atoms with Crippen LogP contribution in [0.1, 0.15) is 36.0 Å². The van der Waals surface area contributed by atoms with Crippen LogP contribution in [0.3, 0.4) is 0 Å². The molecule has 2 rings (SSSR count). The van der Waals surface area contributed by atoms with E-state index in [1.54, 1.807) is 24.3 Å². The number of piperidine rings is 1. The van der Waals surface area contributed by atoms with E-state index >= 15 is 0 Å². The molecule has 4 heteroatoms. The molecule has 1 aliphatic rings. The average Bonchev–Trinajstić information content (AvgIpc) is 2.49. The van der Waals surface area contributed by atoms with Gasteiger partial charge in [-0.1, -0.05) is 0 Å². The van der Waals surface area contributed by atoms with Crippen LogP contribution in [-0.4, -0.2) is 36.8 Å². The molecule has 0 N–H and O–H groups in total. The number of rotatable bonds is 5. The highest BCUT2D eigenvalue weighted by molar-refractivity contribution is 5.76. The monoisotopic (exact) mass is 261 g/mol. The summed E-state index contributed by atoms with van der Waals surface area (Å²) in [7, 11) is 0. The van der Waals surface area contributed by atoms with Crippen LogP contribution in [0.25, 0.3) is 0 Å². The van der Waals surface area contributed by atoms with Gasteiger partial charge in [0.05, 0.1) is 13.0 Å². The van der Waals surface area contributed by atoms with Gasteiger partial charge in [-0.25, -0.2) is 0 Å². The maximum absolute atomic E-state index is 11.9. The van der Waals surface area contributed by atoms with E-state index in [0.717, 1.165) is 32.2 Å². The topological polar surface area (TPSA) is 46.6 Å². The van der Waals surface area contributed by atoms with E-state index in [4.69, 9.17) is 4.74 Å². The zero-order valence-electron chi connectivity index (χ0n) is 11.0. The molecule has 1 fully saturated rings. The summed E-state index contributed by atoms with van der Waals surface area (Å²) in [6.45, 7) is 2.15. The number of amides is 1. The molecule has 19 heavy (non-hydrogen) atoms. The molecule has 0 atom stereocenters. The van der Waals surface area contributed by atoms with Crippen LogP contribution in [0, 0.1) is 0 Å². The third kappa shape index (κ3) is 4.09. The zero-order chi connectivity index (χ0) is 13.5. The first kappa shape index (κ1) is 13.6. The maximum Gasteiger partial charge on any atom is 0.225 e. The van der Waals surface area contributed by atoms with E-state index in [2.05, 4.69) is 0 Å². The predicted octanol–water partition coefficient (Wildman–Crippen LogP) is 2.28. The third-order valence-corrected chi connectivity index (χ3v) is 3.31. The lowest BCUT2D eigenvalue weighted by atomic mass is 10.1. The summed E-state index contributed by atoms with van der Waals surface area (Å²) in [5.74, 6) is 0.862. The molecular formula is C15H19NO3. The average molecular weight is 261 g/mol. The zero-order valence-corrected chi connectivity index (χ0v) is 11.0. The number of likely N-dealkylation sites (tertiary alicyclic amines) is 1. The lowest BCUT2D eigenvalue weighted by Crippen LogP contribution is -2.36. The quantitative estimate of drug-likeness (QED) is 0.764. The predicted molar refractivity (Wildman–Crippen MR) is 72.4 cm³/mol. The Kier molecular flexibility index (Phi) is 4.95. The number of carbonyl (C=O) groups is 2. The van der Waals surface area contributed by atoms with E-state index < -0.39 is 0 Å². The van der Waals surface area contributed by atoms with E-state index in [0.29, 0.717) is 24.3 Å². The van der Waals surface area contributed by atoms with Gasteiger partial charge in [-0.05, 0) is 43.5 Å². The van der Waals surface area contributed by atoms with Crippen molar-refractivity contribution < 1.29 is 14.3 Å². The molecule has 1 aromatic rings. The molecule has 1 heterocycles. The second kappa shape index (κ2) is 6.92. The minimum Gasteiger partial charge on any atom is -0.493 e. The Morgan fingerprint density at radius 2 is 1.84 bits per heavy atom. The molecule has 1 aliphatic heterocycles. The molecule has 0 saturated carbocycles. The van der Waals surface area contributed by atoms with E-state index in [9.17, 15) is 9.59 Å². The van der Waals surface area contributed by atoms with Gasteiger partial charge in [-0.3, -0.25) is 9.59 Å². The van der Waals surface area contributed by atoms with Gasteiger partial charge in [-0.15, -0.1) is 0 Å². The van der Waals surface area contributed by atoms with Crippen molar-refractivity contribution in [1.82, 2.24) is 4.90 Å². The van der Waals surface area contributed by atoms with Crippen molar-refractivity contribution in [2.75, 3.05) is 19.7 Å². The Hall–Kier alpha value is -1.84. The van der Waals surface area contributed by atoms with Crippen molar-refractivity contribution in [3.05, 3.63) is 29.8 Å². The number of aldehydes is 1. The lowest BCUT2D eigenvalue weighted by molar-refractivity contribution is -0.132. The van der Waals surface area contributed by atoms with Crippen LogP contribution in [0.5, 0.6) is 5.75 Å². The fourth-order valence-corrected chi connectivity index (χ4v) is 2.20. The molecule has 0 radical (unpaired) electrons. The number of ether oxygens (including phenoxy) is 1. The molecule has 102 valence electrons. The lowest BCUT2D eigenvalue weighted by Gasteiger charge is -2.26. The number of hydrogen-bond acceptors (Lipinski definition) is 3. The van der Waals surface area contributed by atoms with Crippen LogP contribution >= 0.6 is 0 Å². The molecule has 1 amide bonds. The number of nitrogens with zero attached hydrogens (tertiary/aromatic N) is 1. The Balaban J connectivity index is 1.72. The van der Waals surface area contributed by atoms with Crippen molar-refractivity contribution in [3.8, 4) is 5.75 Å². The van der Waals surface area contributed by atoms with Gasteiger partial charge >= 0.3 is 0 Å². The fraction of sp³-hybridized carbons (Fsp3) is 0.467. The first-order valence-electron chi connectivity index (χ1n) is 6.75. The summed E-state index contributed by atoms with van der Waals surface area (Å²) in [6, 6.07) is 6.90. The Labute approximate surface area is 113 Å². The van der Waals surface area contributed by atoms with Gasteiger partial charge < -0.3 is 9.64 Å². The summed E-state index contributed by atoms with van der Waals surface area (Å²) in [6.07, 6.45) is 4.65. The van der Waals surface area contributed by atoms with Gasteiger partial charge in [0, 0.05) is 18.7 Å². The molecule has 0 aliphatic carbocycles. The summed E-state index contributed by atoms with van der Waals surface area (Å²) < 4.78 is 5.50. The summed E-state index contributed by atoms with van der Waals surface area (Å²) in [4.78, 5) is 24.3. The first-order valence-corrected chi connectivity index (χ1v) is 6.75. The van der Waals surface area contributed by atoms with Gasteiger partial charge in [0.2, 0.25) is 5.91 Å². The van der Waals surface area contributed by atoms with Crippen LogP contribution < -0.4 is 4.74 Å². The van der Waals surface area contributed by atoms with Crippen molar-refractivity contribution in [1.29, 1.82) is 0 Å². The molecule has 1 aromatic carbocycles. The molecule has 0 spiro atoms. The standard InChI is InChI=1S/C15H19NO3/c17-12-13-4-6-14(7-5-13)19-11-8-15(18)16-9-2-1-3-10-16/h4-7,12H,1-3,8-11H2. The maximum atomic E-state index is 11.9. The fourth-order valence-electron chi connectivity index (χ4n) is 2.20. The van der Waals surface area contributed by atoms with Crippen LogP contribution in [0.4, 0.5) is 0 Å². The minimum atomic E-state index is 0.171. The molecule has 4 nitrogen and oxygen atoms in total. The Bertz CT molecular complexity index is 422. The van der Waals surface area contributed by atoms with Gasteiger partial charge in [0.15, 0.2) is 0 Å².